The van der Waals surface area contributed by atoms with Gasteiger partial charge in [0, 0.05) is 38.1 Å². The van der Waals surface area contributed by atoms with E-state index in [1.807, 2.05) is 60.5 Å². The van der Waals surface area contributed by atoms with Crippen molar-refractivity contribution in [3.8, 4) is 0 Å². The number of piperazine rings is 1. The summed E-state index contributed by atoms with van der Waals surface area (Å²) in [5, 5.41) is 3.37. The molecule has 2 atom stereocenters. The Kier molecular flexibility index (Phi) is 9.07. The van der Waals surface area contributed by atoms with Gasteiger partial charge < -0.3 is 15.1 Å². The van der Waals surface area contributed by atoms with Crippen LogP contribution in [0.15, 0.2) is 84.9 Å². The zero-order chi connectivity index (χ0) is 27.2. The van der Waals surface area contributed by atoms with Crippen LogP contribution < -0.4 is 5.32 Å². The van der Waals surface area contributed by atoms with Crippen LogP contribution in [0.3, 0.4) is 0 Å². The van der Waals surface area contributed by atoms with Gasteiger partial charge in [-0.15, -0.1) is 0 Å². The highest BCUT2D eigenvalue weighted by Crippen LogP contribution is 2.36. The Bertz CT molecular complexity index is 1130. The van der Waals surface area contributed by atoms with Crippen LogP contribution in [0.1, 0.15) is 41.5 Å². The summed E-state index contributed by atoms with van der Waals surface area (Å²) in [7, 11) is 4.08. The molecule has 39 heavy (non-hydrogen) atoms. The Morgan fingerprint density at radius 3 is 1.82 bits per heavy atom. The maximum atomic E-state index is 14.0. The molecule has 1 N–H and O–H groups in total. The van der Waals surface area contributed by atoms with E-state index in [1.54, 1.807) is 12.1 Å². The molecule has 2 aliphatic rings. The SMILES string of the molecule is CNC(C(=O)N1CCN(C(c2ccc(F)cc2)C2CCN(C)CC2)CC1)C(c1ccccc1)c1ccccc1. The number of carbonyl (C=O) groups is 1. The molecule has 0 radical (unpaired) electrons. The lowest BCUT2D eigenvalue weighted by Crippen LogP contribution is -2.56. The van der Waals surface area contributed by atoms with Gasteiger partial charge in [0.25, 0.3) is 0 Å². The van der Waals surface area contributed by atoms with Crippen molar-refractivity contribution in [3.05, 3.63) is 107 Å². The number of rotatable bonds is 8. The highest BCUT2D eigenvalue weighted by Gasteiger charge is 2.37. The van der Waals surface area contributed by atoms with E-state index in [1.165, 1.54) is 5.56 Å². The van der Waals surface area contributed by atoms with Crippen LogP contribution in [-0.4, -0.2) is 80.0 Å². The number of benzene rings is 3. The first-order chi connectivity index (χ1) is 19.0. The standard InChI is InChI=1S/C33H41FN4O/c1-35-31(30(25-9-5-3-6-10-25)26-11-7-4-8-12-26)33(39)38-23-21-37(22-24-38)32(27-13-15-29(34)16-14-27)28-17-19-36(2)20-18-28/h3-16,28,30-32,35H,17-24H2,1-2H3. The summed E-state index contributed by atoms with van der Waals surface area (Å²) >= 11 is 0. The zero-order valence-corrected chi connectivity index (χ0v) is 23.2. The number of likely N-dealkylation sites (tertiary alicyclic amines) is 1. The van der Waals surface area contributed by atoms with Gasteiger partial charge in [-0.2, -0.15) is 0 Å². The van der Waals surface area contributed by atoms with Gasteiger partial charge in [0.1, 0.15) is 5.82 Å². The maximum absolute atomic E-state index is 14.0. The minimum atomic E-state index is -0.358. The summed E-state index contributed by atoms with van der Waals surface area (Å²) in [6.07, 6.45) is 2.27. The molecule has 0 bridgehead atoms. The molecule has 5 rings (SSSR count). The van der Waals surface area contributed by atoms with Gasteiger partial charge in [0.05, 0.1) is 6.04 Å². The number of hydrogen-bond donors (Lipinski definition) is 1. The van der Waals surface area contributed by atoms with Crippen LogP contribution in [0.25, 0.3) is 0 Å². The molecule has 2 saturated heterocycles. The second-order valence-electron chi connectivity index (χ2n) is 11.1. The fraction of sp³-hybridized carbons (Fsp3) is 0.424. The normalized spacial score (nSPS) is 19.2. The summed E-state index contributed by atoms with van der Waals surface area (Å²) in [5.74, 6) is 0.405. The second kappa shape index (κ2) is 12.9. The van der Waals surface area contributed by atoms with Crippen molar-refractivity contribution in [2.75, 3.05) is 53.4 Å². The number of nitrogens with one attached hydrogen (secondary N) is 1. The van der Waals surface area contributed by atoms with Crippen molar-refractivity contribution in [2.45, 2.75) is 30.8 Å². The molecule has 2 fully saturated rings. The van der Waals surface area contributed by atoms with E-state index in [0.29, 0.717) is 19.0 Å². The van der Waals surface area contributed by atoms with Crippen LogP contribution in [0.4, 0.5) is 4.39 Å². The Labute approximate surface area is 232 Å². The van der Waals surface area contributed by atoms with E-state index in [2.05, 4.69) is 46.4 Å². The quantitative estimate of drug-likeness (QED) is 0.457. The molecule has 2 heterocycles. The largest absolute Gasteiger partial charge is 0.339 e. The molecule has 206 valence electrons. The van der Waals surface area contributed by atoms with Gasteiger partial charge in [-0.25, -0.2) is 4.39 Å². The Hall–Kier alpha value is -3.06. The van der Waals surface area contributed by atoms with Crippen LogP contribution in [0, 0.1) is 11.7 Å². The minimum Gasteiger partial charge on any atom is -0.339 e. The summed E-state index contributed by atoms with van der Waals surface area (Å²) in [6.45, 7) is 5.20. The van der Waals surface area contributed by atoms with Crippen LogP contribution in [0.2, 0.25) is 0 Å². The van der Waals surface area contributed by atoms with Crippen molar-refractivity contribution in [3.63, 3.8) is 0 Å². The number of likely N-dealkylation sites (N-methyl/N-ethyl adjacent to an activating group) is 1. The van der Waals surface area contributed by atoms with Crippen LogP contribution in [-0.2, 0) is 4.79 Å². The lowest BCUT2D eigenvalue weighted by atomic mass is 9.83. The Morgan fingerprint density at radius 1 is 0.769 bits per heavy atom. The number of halogens is 1. The van der Waals surface area contributed by atoms with E-state index >= 15 is 0 Å². The summed E-state index contributed by atoms with van der Waals surface area (Å²) in [6, 6.07) is 27.6. The predicted molar refractivity (Wildman–Crippen MR) is 155 cm³/mol. The first-order valence-electron chi connectivity index (χ1n) is 14.3. The molecular weight excluding hydrogens is 487 g/mol. The fourth-order valence-electron chi connectivity index (χ4n) is 6.53. The zero-order valence-electron chi connectivity index (χ0n) is 23.2. The van der Waals surface area contributed by atoms with Gasteiger partial charge >= 0.3 is 0 Å². The van der Waals surface area contributed by atoms with Gasteiger partial charge in [0.15, 0.2) is 0 Å². The molecule has 2 aliphatic heterocycles. The first kappa shape index (κ1) is 27.5. The Morgan fingerprint density at radius 2 is 1.31 bits per heavy atom. The van der Waals surface area contributed by atoms with Crippen molar-refractivity contribution in [2.24, 2.45) is 5.92 Å². The number of piperidine rings is 1. The lowest BCUT2D eigenvalue weighted by molar-refractivity contribution is -0.136. The topological polar surface area (TPSA) is 38.8 Å². The van der Waals surface area contributed by atoms with Gasteiger partial charge in [-0.05, 0) is 74.8 Å². The highest BCUT2D eigenvalue weighted by atomic mass is 19.1. The molecule has 0 saturated carbocycles. The van der Waals surface area contributed by atoms with Crippen LogP contribution >= 0.6 is 0 Å². The number of amides is 1. The number of carbonyl (C=O) groups excluding carboxylic acids is 1. The summed E-state index contributed by atoms with van der Waals surface area (Å²) < 4.78 is 13.8. The molecule has 5 nitrogen and oxygen atoms in total. The molecule has 0 aromatic heterocycles. The first-order valence-corrected chi connectivity index (χ1v) is 14.3. The monoisotopic (exact) mass is 528 g/mol. The maximum Gasteiger partial charge on any atom is 0.240 e. The minimum absolute atomic E-state index is 0.0749. The number of hydrogen-bond acceptors (Lipinski definition) is 4. The smallest absolute Gasteiger partial charge is 0.240 e. The molecular formula is C33H41FN4O. The van der Waals surface area contributed by atoms with E-state index < -0.39 is 0 Å². The highest BCUT2D eigenvalue weighted by molar-refractivity contribution is 5.84. The third-order valence-corrected chi connectivity index (χ3v) is 8.67. The number of nitrogens with zero attached hydrogens (tertiary/aromatic N) is 3. The predicted octanol–water partition coefficient (Wildman–Crippen LogP) is 4.77. The molecule has 3 aromatic carbocycles. The molecule has 0 aliphatic carbocycles. The fourth-order valence-corrected chi connectivity index (χ4v) is 6.53. The summed E-state index contributed by atoms with van der Waals surface area (Å²) in [5.41, 5.74) is 3.45. The molecule has 3 aromatic rings. The lowest BCUT2D eigenvalue weighted by Gasteiger charge is -2.45. The molecule has 6 heteroatoms. The molecule has 1 amide bonds. The van der Waals surface area contributed by atoms with Gasteiger partial charge in [-0.3, -0.25) is 9.69 Å². The van der Waals surface area contributed by atoms with E-state index in [4.69, 9.17) is 0 Å². The third-order valence-electron chi connectivity index (χ3n) is 8.67. The average molecular weight is 529 g/mol. The van der Waals surface area contributed by atoms with Crippen molar-refractivity contribution in [1.82, 2.24) is 20.0 Å². The van der Waals surface area contributed by atoms with E-state index in [9.17, 15) is 9.18 Å². The summed E-state index contributed by atoms with van der Waals surface area (Å²) in [4.78, 5) is 21.0. The molecule has 0 spiro atoms. The van der Waals surface area contributed by atoms with E-state index in [0.717, 1.165) is 50.1 Å². The Balaban J connectivity index is 1.33. The van der Waals surface area contributed by atoms with Gasteiger partial charge in [0.2, 0.25) is 5.91 Å². The van der Waals surface area contributed by atoms with Crippen LogP contribution in [0.5, 0.6) is 0 Å². The average Bonchev–Trinajstić information content (AvgIpc) is 2.99. The third kappa shape index (κ3) is 6.40. The molecule has 2 unspecified atom stereocenters. The van der Waals surface area contributed by atoms with E-state index in [-0.39, 0.29) is 29.7 Å². The van der Waals surface area contributed by atoms with Crippen molar-refractivity contribution < 1.29 is 9.18 Å². The van der Waals surface area contributed by atoms with Gasteiger partial charge in [-0.1, -0.05) is 72.8 Å². The second-order valence-corrected chi connectivity index (χ2v) is 11.1. The van der Waals surface area contributed by atoms with Crippen molar-refractivity contribution >= 4 is 5.91 Å². The van der Waals surface area contributed by atoms with Crippen molar-refractivity contribution in [1.29, 1.82) is 0 Å².